The second-order valence-electron chi connectivity index (χ2n) is 4.33. The molecule has 21 heavy (non-hydrogen) atoms. The number of carbonyl (C=O) groups excluding carboxylic acids is 1. The van der Waals surface area contributed by atoms with Crippen molar-refractivity contribution in [1.29, 1.82) is 0 Å². The quantitative estimate of drug-likeness (QED) is 0.746. The molecule has 2 heterocycles. The number of hydrogen-bond donors (Lipinski definition) is 1. The summed E-state index contributed by atoms with van der Waals surface area (Å²) in [7, 11) is 0. The molecule has 0 spiro atoms. The Labute approximate surface area is 121 Å². The third-order valence-electron chi connectivity index (χ3n) is 2.91. The predicted molar refractivity (Wildman–Crippen MR) is 78.4 cm³/mol. The van der Waals surface area contributed by atoms with E-state index in [1.807, 2.05) is 12.1 Å². The standard InChI is InChI=1S/C16H11N3O2/c1-2-7-18-15(20)11-5-6-14-13(9-11)19-16(21-14)12-4-3-8-17-10-12/h1,3-6,8-10H,7H2,(H,18,20). The van der Waals surface area contributed by atoms with Gasteiger partial charge >= 0.3 is 0 Å². The SMILES string of the molecule is C#CCNC(=O)c1ccc2oc(-c3cccnc3)nc2c1. The van der Waals surface area contributed by atoms with Crippen molar-refractivity contribution in [3.8, 4) is 23.8 Å². The highest BCUT2D eigenvalue weighted by atomic mass is 16.3. The van der Waals surface area contributed by atoms with Crippen molar-refractivity contribution in [3.05, 3.63) is 48.3 Å². The molecule has 1 amide bonds. The highest BCUT2D eigenvalue weighted by Crippen LogP contribution is 2.24. The molecule has 3 rings (SSSR count). The number of rotatable bonds is 3. The van der Waals surface area contributed by atoms with Crippen LogP contribution in [0.25, 0.3) is 22.6 Å². The molecular formula is C16H11N3O2. The van der Waals surface area contributed by atoms with Crippen molar-refractivity contribution < 1.29 is 9.21 Å². The van der Waals surface area contributed by atoms with Crippen LogP contribution in [-0.2, 0) is 0 Å². The summed E-state index contributed by atoms with van der Waals surface area (Å²) in [5.41, 5.74) is 2.50. The van der Waals surface area contributed by atoms with Gasteiger partial charge in [0.15, 0.2) is 5.58 Å². The average Bonchev–Trinajstić information content (AvgIpc) is 2.96. The Hall–Kier alpha value is -3.13. The number of fused-ring (bicyclic) bond motifs is 1. The van der Waals surface area contributed by atoms with Crippen LogP contribution in [0.3, 0.4) is 0 Å². The van der Waals surface area contributed by atoms with Gasteiger partial charge in [0.1, 0.15) is 5.52 Å². The summed E-state index contributed by atoms with van der Waals surface area (Å²) in [4.78, 5) is 20.3. The van der Waals surface area contributed by atoms with Crippen LogP contribution < -0.4 is 5.32 Å². The molecule has 0 radical (unpaired) electrons. The molecule has 0 bridgehead atoms. The number of benzene rings is 1. The molecule has 102 valence electrons. The van der Waals surface area contributed by atoms with Crippen LogP contribution in [0, 0.1) is 12.3 Å². The molecule has 0 aliphatic carbocycles. The number of hydrogen-bond acceptors (Lipinski definition) is 4. The summed E-state index contributed by atoms with van der Waals surface area (Å²) < 4.78 is 5.65. The van der Waals surface area contributed by atoms with Crippen LogP contribution in [0.2, 0.25) is 0 Å². The second kappa shape index (κ2) is 5.47. The van der Waals surface area contributed by atoms with E-state index < -0.39 is 0 Å². The molecule has 0 aliphatic rings. The Morgan fingerprint density at radius 2 is 2.29 bits per heavy atom. The monoisotopic (exact) mass is 277 g/mol. The highest BCUT2D eigenvalue weighted by Gasteiger charge is 2.11. The third-order valence-corrected chi connectivity index (χ3v) is 2.91. The lowest BCUT2D eigenvalue weighted by Gasteiger charge is -2.00. The van der Waals surface area contributed by atoms with E-state index in [9.17, 15) is 4.79 Å². The van der Waals surface area contributed by atoms with Gasteiger partial charge in [0.05, 0.1) is 12.1 Å². The lowest BCUT2D eigenvalue weighted by Crippen LogP contribution is -2.23. The molecular weight excluding hydrogens is 266 g/mol. The van der Waals surface area contributed by atoms with Gasteiger partial charge in [-0.1, -0.05) is 5.92 Å². The third kappa shape index (κ3) is 2.60. The van der Waals surface area contributed by atoms with E-state index in [0.29, 0.717) is 22.6 Å². The predicted octanol–water partition coefficient (Wildman–Crippen LogP) is 2.25. The van der Waals surface area contributed by atoms with Gasteiger partial charge in [0.25, 0.3) is 5.91 Å². The normalized spacial score (nSPS) is 10.2. The number of amides is 1. The Balaban J connectivity index is 1.96. The number of terminal acetylenes is 1. The summed E-state index contributed by atoms with van der Waals surface area (Å²) in [5.74, 6) is 2.59. The Bertz CT molecular complexity index is 832. The van der Waals surface area contributed by atoms with Crippen molar-refractivity contribution >= 4 is 17.0 Å². The van der Waals surface area contributed by atoms with E-state index in [-0.39, 0.29) is 12.5 Å². The van der Waals surface area contributed by atoms with Gasteiger partial charge in [-0.25, -0.2) is 4.98 Å². The molecule has 0 saturated carbocycles. The topological polar surface area (TPSA) is 68.0 Å². The molecule has 5 nitrogen and oxygen atoms in total. The van der Waals surface area contributed by atoms with Crippen molar-refractivity contribution in [1.82, 2.24) is 15.3 Å². The number of oxazole rings is 1. The molecule has 0 saturated heterocycles. The number of carbonyl (C=O) groups is 1. The summed E-state index contributed by atoms with van der Waals surface area (Å²) >= 11 is 0. The summed E-state index contributed by atoms with van der Waals surface area (Å²) in [5, 5.41) is 2.61. The number of aromatic nitrogens is 2. The Morgan fingerprint density at radius 1 is 1.38 bits per heavy atom. The van der Waals surface area contributed by atoms with Crippen molar-refractivity contribution in [2.45, 2.75) is 0 Å². The first kappa shape index (κ1) is 12.9. The minimum atomic E-state index is -0.235. The second-order valence-corrected chi connectivity index (χ2v) is 4.33. The van der Waals surface area contributed by atoms with Crippen LogP contribution in [0.4, 0.5) is 0 Å². The first-order chi connectivity index (χ1) is 10.3. The molecule has 5 heteroatoms. The molecule has 3 aromatic rings. The van der Waals surface area contributed by atoms with E-state index >= 15 is 0 Å². The number of pyridine rings is 1. The van der Waals surface area contributed by atoms with E-state index in [2.05, 4.69) is 21.2 Å². The van der Waals surface area contributed by atoms with Crippen LogP contribution in [0.1, 0.15) is 10.4 Å². The largest absolute Gasteiger partial charge is 0.436 e. The molecule has 2 aromatic heterocycles. The van der Waals surface area contributed by atoms with Crippen LogP contribution in [-0.4, -0.2) is 22.4 Å². The fourth-order valence-corrected chi connectivity index (χ4v) is 1.91. The van der Waals surface area contributed by atoms with Crippen LogP contribution >= 0.6 is 0 Å². The van der Waals surface area contributed by atoms with Gasteiger partial charge in [-0.15, -0.1) is 6.42 Å². The fraction of sp³-hybridized carbons (Fsp3) is 0.0625. The lowest BCUT2D eigenvalue weighted by atomic mass is 10.2. The first-order valence-electron chi connectivity index (χ1n) is 6.30. The Kier molecular flexibility index (Phi) is 3.36. The smallest absolute Gasteiger partial charge is 0.252 e. The Morgan fingerprint density at radius 3 is 3.05 bits per heavy atom. The van der Waals surface area contributed by atoms with Crippen molar-refractivity contribution in [2.24, 2.45) is 0 Å². The van der Waals surface area contributed by atoms with E-state index in [0.717, 1.165) is 5.56 Å². The van der Waals surface area contributed by atoms with Gasteiger partial charge in [-0.3, -0.25) is 9.78 Å². The van der Waals surface area contributed by atoms with E-state index in [1.54, 1.807) is 30.6 Å². The van der Waals surface area contributed by atoms with Gasteiger partial charge in [-0.2, -0.15) is 0 Å². The zero-order valence-electron chi connectivity index (χ0n) is 11.0. The van der Waals surface area contributed by atoms with Gasteiger partial charge < -0.3 is 9.73 Å². The van der Waals surface area contributed by atoms with Crippen LogP contribution in [0.15, 0.2) is 47.1 Å². The van der Waals surface area contributed by atoms with Gasteiger partial charge in [-0.05, 0) is 30.3 Å². The molecule has 1 aromatic carbocycles. The van der Waals surface area contributed by atoms with Gasteiger partial charge in [0.2, 0.25) is 5.89 Å². The minimum Gasteiger partial charge on any atom is -0.436 e. The maximum absolute atomic E-state index is 11.8. The summed E-state index contributed by atoms with van der Waals surface area (Å²) in [6.45, 7) is 0.191. The fourth-order valence-electron chi connectivity index (χ4n) is 1.91. The minimum absolute atomic E-state index is 0.191. The van der Waals surface area contributed by atoms with Crippen molar-refractivity contribution in [2.75, 3.05) is 6.54 Å². The summed E-state index contributed by atoms with van der Waals surface area (Å²) in [6.07, 6.45) is 8.47. The summed E-state index contributed by atoms with van der Waals surface area (Å²) in [6, 6.07) is 8.73. The van der Waals surface area contributed by atoms with Crippen LogP contribution in [0.5, 0.6) is 0 Å². The van der Waals surface area contributed by atoms with Gasteiger partial charge in [0, 0.05) is 18.0 Å². The first-order valence-corrected chi connectivity index (χ1v) is 6.30. The molecule has 1 N–H and O–H groups in total. The van der Waals surface area contributed by atoms with Crippen molar-refractivity contribution in [3.63, 3.8) is 0 Å². The number of nitrogens with zero attached hydrogens (tertiary/aromatic N) is 2. The zero-order valence-corrected chi connectivity index (χ0v) is 11.0. The average molecular weight is 277 g/mol. The molecule has 0 atom stereocenters. The maximum Gasteiger partial charge on any atom is 0.252 e. The highest BCUT2D eigenvalue weighted by molar-refractivity contribution is 5.97. The molecule has 0 aliphatic heterocycles. The molecule has 0 fully saturated rings. The number of nitrogens with one attached hydrogen (secondary N) is 1. The molecule has 0 unspecified atom stereocenters. The van der Waals surface area contributed by atoms with E-state index in [1.165, 1.54) is 0 Å². The maximum atomic E-state index is 11.8. The van der Waals surface area contributed by atoms with E-state index in [4.69, 9.17) is 10.8 Å². The lowest BCUT2D eigenvalue weighted by molar-refractivity contribution is 0.0959. The zero-order chi connectivity index (χ0) is 14.7.